The van der Waals surface area contributed by atoms with Crippen LogP contribution >= 0.6 is 0 Å². The van der Waals surface area contributed by atoms with Crippen molar-refractivity contribution in [3.05, 3.63) is 29.8 Å². The minimum atomic E-state index is -3.68. The first-order chi connectivity index (χ1) is 11.9. The summed E-state index contributed by atoms with van der Waals surface area (Å²) in [5, 5.41) is 0.189. The monoisotopic (exact) mass is 400 g/mol. The summed E-state index contributed by atoms with van der Waals surface area (Å²) in [7, 11) is -5.41. The first kappa shape index (κ1) is 23.3. The molecule has 0 aromatic heterocycles. The molecule has 0 aliphatic rings. The highest BCUT2D eigenvalue weighted by molar-refractivity contribution is 7.86. The predicted octanol–water partition coefficient (Wildman–Crippen LogP) is 5.71. The molecule has 1 aromatic carbocycles. The average Bonchev–Trinajstić information content (AvgIpc) is 2.56. The lowest BCUT2D eigenvalue weighted by atomic mass is 9.99. The molecule has 0 saturated heterocycles. The zero-order valence-corrected chi connectivity index (χ0v) is 19.3. The smallest absolute Gasteiger partial charge is 0.296 e. The Morgan fingerprint density at radius 3 is 2.08 bits per heavy atom. The maximum Gasteiger partial charge on any atom is 0.296 e. The number of hydrogen-bond acceptors (Lipinski definition) is 4. The van der Waals surface area contributed by atoms with Crippen molar-refractivity contribution in [1.82, 2.24) is 0 Å². The van der Waals surface area contributed by atoms with Crippen molar-refractivity contribution >= 4 is 18.4 Å². The maximum atomic E-state index is 12.3. The van der Waals surface area contributed by atoms with Gasteiger partial charge >= 0.3 is 0 Å². The van der Waals surface area contributed by atoms with Gasteiger partial charge in [-0.3, -0.25) is 4.18 Å². The Labute approximate surface area is 161 Å². The van der Waals surface area contributed by atoms with Gasteiger partial charge in [0.25, 0.3) is 10.1 Å². The van der Waals surface area contributed by atoms with Crippen molar-refractivity contribution < 1.29 is 17.0 Å². The van der Waals surface area contributed by atoms with E-state index in [1.807, 2.05) is 12.1 Å². The summed E-state index contributed by atoms with van der Waals surface area (Å²) in [6.45, 7) is 16.2. The van der Waals surface area contributed by atoms with E-state index in [0.29, 0.717) is 18.9 Å². The molecule has 0 spiro atoms. The zero-order valence-electron chi connectivity index (χ0n) is 17.5. The van der Waals surface area contributed by atoms with Crippen LogP contribution in [0.2, 0.25) is 18.1 Å². The minimum absolute atomic E-state index is 0.189. The fourth-order valence-electron chi connectivity index (χ4n) is 2.18. The van der Waals surface area contributed by atoms with E-state index in [4.69, 9.17) is 8.61 Å². The van der Waals surface area contributed by atoms with Crippen molar-refractivity contribution in [3.63, 3.8) is 0 Å². The predicted molar refractivity (Wildman–Crippen MR) is 111 cm³/mol. The lowest BCUT2D eigenvalue weighted by molar-refractivity contribution is 0.254. The van der Waals surface area contributed by atoms with Crippen LogP contribution in [0.15, 0.2) is 29.2 Å². The largest absolute Gasteiger partial charge is 0.417 e. The second kappa shape index (κ2) is 9.49. The Bertz CT molecular complexity index is 645. The summed E-state index contributed by atoms with van der Waals surface area (Å²) >= 11 is 0. The van der Waals surface area contributed by atoms with Crippen LogP contribution in [0, 0.1) is 0 Å². The van der Waals surface area contributed by atoms with Gasteiger partial charge in [0, 0.05) is 6.61 Å². The van der Waals surface area contributed by atoms with Gasteiger partial charge in [-0.15, -0.1) is 0 Å². The Morgan fingerprint density at radius 2 is 1.58 bits per heavy atom. The molecule has 1 unspecified atom stereocenters. The maximum absolute atomic E-state index is 12.3. The first-order valence-corrected chi connectivity index (χ1v) is 13.9. The molecule has 26 heavy (non-hydrogen) atoms. The molecule has 4 nitrogen and oxygen atoms in total. The van der Waals surface area contributed by atoms with Crippen LogP contribution in [0.3, 0.4) is 0 Å². The third-order valence-corrected chi connectivity index (χ3v) is 11.3. The lowest BCUT2D eigenvalue weighted by Gasteiger charge is -2.36. The van der Waals surface area contributed by atoms with E-state index in [0.717, 1.165) is 18.4 Å². The van der Waals surface area contributed by atoms with Gasteiger partial charge < -0.3 is 4.43 Å². The van der Waals surface area contributed by atoms with Gasteiger partial charge in [-0.05, 0) is 61.0 Å². The van der Waals surface area contributed by atoms with Crippen molar-refractivity contribution in [2.75, 3.05) is 13.2 Å². The van der Waals surface area contributed by atoms with E-state index in [-0.39, 0.29) is 16.5 Å². The second-order valence-electron chi connectivity index (χ2n) is 8.47. The molecular weight excluding hydrogens is 364 g/mol. The van der Waals surface area contributed by atoms with Crippen molar-refractivity contribution in [3.8, 4) is 0 Å². The number of benzene rings is 1. The third kappa shape index (κ3) is 6.80. The van der Waals surface area contributed by atoms with E-state index in [1.165, 1.54) is 0 Å². The third-order valence-electron chi connectivity index (χ3n) is 5.40. The van der Waals surface area contributed by atoms with Crippen LogP contribution in [-0.4, -0.2) is 29.9 Å². The molecule has 150 valence electrons. The number of rotatable bonds is 10. The molecule has 0 amide bonds. The second-order valence-corrected chi connectivity index (χ2v) is 14.9. The molecule has 0 aliphatic heterocycles. The SMILES string of the molecule is CCC(C)c1ccc(S(=O)(=O)OCCCCO[Si](C)(C)C(C)(C)C)cc1. The molecule has 0 heterocycles. The normalized spacial score (nSPS) is 14.4. The van der Waals surface area contributed by atoms with Gasteiger partial charge in [0.15, 0.2) is 8.32 Å². The highest BCUT2D eigenvalue weighted by Crippen LogP contribution is 2.36. The highest BCUT2D eigenvalue weighted by atomic mass is 32.2. The van der Waals surface area contributed by atoms with E-state index in [9.17, 15) is 8.42 Å². The van der Waals surface area contributed by atoms with Crippen LogP contribution < -0.4 is 0 Å². The number of hydrogen-bond donors (Lipinski definition) is 0. The molecule has 0 fully saturated rings. The lowest BCUT2D eigenvalue weighted by Crippen LogP contribution is -2.41. The van der Waals surface area contributed by atoms with Crippen molar-refractivity contribution in [2.45, 2.75) is 82.8 Å². The molecule has 6 heteroatoms. The topological polar surface area (TPSA) is 52.6 Å². The highest BCUT2D eigenvalue weighted by Gasteiger charge is 2.36. The van der Waals surface area contributed by atoms with Crippen LogP contribution in [0.25, 0.3) is 0 Å². The molecule has 1 aromatic rings. The summed E-state index contributed by atoms with van der Waals surface area (Å²) < 4.78 is 35.8. The molecule has 0 radical (unpaired) electrons. The van der Waals surface area contributed by atoms with Crippen LogP contribution in [0.4, 0.5) is 0 Å². The summed E-state index contributed by atoms with van der Waals surface area (Å²) in [6, 6.07) is 7.02. The van der Waals surface area contributed by atoms with Crippen molar-refractivity contribution in [2.24, 2.45) is 0 Å². The average molecular weight is 401 g/mol. The zero-order chi connectivity index (χ0) is 20.0. The molecule has 0 aliphatic carbocycles. The molecular formula is C20H36O4SSi. The summed E-state index contributed by atoms with van der Waals surface area (Å²) in [5.74, 6) is 0.425. The van der Waals surface area contributed by atoms with E-state index in [2.05, 4.69) is 47.7 Å². The standard InChI is InChI=1S/C20H36O4SSi/c1-8-17(2)18-11-13-19(14-12-18)25(21,22)23-15-9-10-16-24-26(6,7)20(3,4)5/h11-14,17H,8-10,15-16H2,1-7H3. The Kier molecular flexibility index (Phi) is 8.52. The van der Waals surface area contributed by atoms with Gasteiger partial charge in [0.05, 0.1) is 11.5 Å². The van der Waals surface area contributed by atoms with E-state index >= 15 is 0 Å². The Balaban J connectivity index is 2.43. The quantitative estimate of drug-likeness (QED) is 0.287. The van der Waals surface area contributed by atoms with Crippen LogP contribution in [0.5, 0.6) is 0 Å². The first-order valence-electron chi connectivity index (χ1n) is 9.54. The molecule has 1 atom stereocenters. The summed E-state index contributed by atoms with van der Waals surface area (Å²) in [6.07, 6.45) is 2.49. The molecule has 0 N–H and O–H groups in total. The van der Waals surface area contributed by atoms with Gasteiger partial charge in [0.1, 0.15) is 0 Å². The number of unbranched alkanes of at least 4 members (excludes halogenated alkanes) is 1. The Morgan fingerprint density at radius 1 is 1.04 bits per heavy atom. The van der Waals surface area contributed by atoms with Gasteiger partial charge in [-0.2, -0.15) is 8.42 Å². The minimum Gasteiger partial charge on any atom is -0.417 e. The fraction of sp³-hybridized carbons (Fsp3) is 0.700. The van der Waals surface area contributed by atoms with Crippen LogP contribution in [0.1, 0.15) is 65.4 Å². The Hall–Kier alpha value is -0.693. The van der Waals surface area contributed by atoms with Gasteiger partial charge in [0.2, 0.25) is 0 Å². The van der Waals surface area contributed by atoms with Gasteiger partial charge in [-0.1, -0.05) is 46.8 Å². The summed E-state index contributed by atoms with van der Waals surface area (Å²) in [4.78, 5) is 0.224. The van der Waals surface area contributed by atoms with E-state index < -0.39 is 18.4 Å². The molecule has 0 bridgehead atoms. The van der Waals surface area contributed by atoms with Crippen LogP contribution in [-0.2, 0) is 18.7 Å². The summed E-state index contributed by atoms with van der Waals surface area (Å²) in [5.41, 5.74) is 1.15. The van der Waals surface area contributed by atoms with Gasteiger partial charge in [-0.25, -0.2) is 0 Å². The van der Waals surface area contributed by atoms with Crippen molar-refractivity contribution in [1.29, 1.82) is 0 Å². The molecule has 1 rings (SSSR count). The molecule has 0 saturated carbocycles. The fourth-order valence-corrected chi connectivity index (χ4v) is 4.21. The van der Waals surface area contributed by atoms with E-state index in [1.54, 1.807) is 12.1 Å².